The van der Waals surface area contributed by atoms with Gasteiger partial charge in [0.1, 0.15) is 0 Å². The Balaban J connectivity index is 1.61. The summed E-state index contributed by atoms with van der Waals surface area (Å²) in [7, 11) is 0. The summed E-state index contributed by atoms with van der Waals surface area (Å²) in [5.74, 6) is 0.300. The van der Waals surface area contributed by atoms with Crippen molar-refractivity contribution in [3.05, 3.63) is 47.0 Å². The van der Waals surface area contributed by atoms with Gasteiger partial charge >= 0.3 is 0 Å². The maximum absolute atomic E-state index is 13.1. The van der Waals surface area contributed by atoms with Crippen molar-refractivity contribution in [1.82, 2.24) is 14.9 Å². The molecule has 6 nitrogen and oxygen atoms in total. The molecule has 0 spiro atoms. The predicted octanol–water partition coefficient (Wildman–Crippen LogP) is 4.27. The van der Waals surface area contributed by atoms with E-state index in [2.05, 4.69) is 29.5 Å². The van der Waals surface area contributed by atoms with Crippen LogP contribution in [0.15, 0.2) is 24.3 Å². The van der Waals surface area contributed by atoms with Gasteiger partial charge in [-0.2, -0.15) is 0 Å². The number of aromatic nitrogens is 2. The smallest absolute Gasteiger partial charge is 0.287 e. The highest BCUT2D eigenvalue weighted by molar-refractivity contribution is 6.05. The molecule has 2 amide bonds. The zero-order chi connectivity index (χ0) is 20.4. The Hall–Kier alpha value is -2.63. The molecule has 2 N–H and O–H groups in total. The van der Waals surface area contributed by atoms with E-state index in [9.17, 15) is 9.59 Å². The minimum Gasteiger partial charge on any atom is -0.347 e. The van der Waals surface area contributed by atoms with Crippen LogP contribution in [0.25, 0.3) is 0 Å². The van der Waals surface area contributed by atoms with E-state index in [1.165, 1.54) is 0 Å². The quantitative estimate of drug-likeness (QED) is 0.795. The van der Waals surface area contributed by atoms with Crippen LogP contribution in [0.3, 0.4) is 0 Å². The third-order valence-corrected chi connectivity index (χ3v) is 6.06. The lowest BCUT2D eigenvalue weighted by Gasteiger charge is -2.18. The molecule has 1 aliphatic heterocycles. The van der Waals surface area contributed by atoms with Gasteiger partial charge in [-0.05, 0) is 49.7 Å². The van der Waals surface area contributed by atoms with E-state index in [4.69, 9.17) is 0 Å². The molecule has 1 aromatic carbocycles. The van der Waals surface area contributed by atoms with Crippen LogP contribution < -0.4 is 10.6 Å². The molecule has 1 aromatic heterocycles. The van der Waals surface area contributed by atoms with E-state index in [1.807, 2.05) is 28.8 Å². The number of benzene rings is 1. The molecule has 29 heavy (non-hydrogen) atoms. The van der Waals surface area contributed by atoms with Gasteiger partial charge in [0.05, 0.1) is 5.69 Å². The molecular weight excluding hydrogens is 364 g/mol. The Bertz CT molecular complexity index is 910. The SMILES string of the molecule is CC(C)c1ccccc1NC(=O)c1nc(C(=O)NC2CCCC2)n2c1CCCC2. The summed E-state index contributed by atoms with van der Waals surface area (Å²) >= 11 is 0. The van der Waals surface area contributed by atoms with Crippen molar-refractivity contribution in [2.24, 2.45) is 0 Å². The number of hydrogen-bond acceptors (Lipinski definition) is 3. The Kier molecular flexibility index (Phi) is 5.69. The van der Waals surface area contributed by atoms with E-state index in [0.29, 0.717) is 17.4 Å². The van der Waals surface area contributed by atoms with Crippen molar-refractivity contribution in [1.29, 1.82) is 0 Å². The lowest BCUT2D eigenvalue weighted by atomic mass is 10.0. The topological polar surface area (TPSA) is 76.0 Å². The largest absolute Gasteiger partial charge is 0.347 e. The fourth-order valence-electron chi connectivity index (χ4n) is 4.51. The first-order valence-corrected chi connectivity index (χ1v) is 10.8. The van der Waals surface area contributed by atoms with Gasteiger partial charge in [0, 0.05) is 18.3 Å². The lowest BCUT2D eigenvalue weighted by molar-refractivity contribution is 0.0921. The summed E-state index contributed by atoms with van der Waals surface area (Å²) in [4.78, 5) is 30.6. The van der Waals surface area contributed by atoms with Crippen LogP contribution in [0.1, 0.15) is 90.7 Å². The molecule has 0 bridgehead atoms. The van der Waals surface area contributed by atoms with Gasteiger partial charge in [-0.25, -0.2) is 4.98 Å². The van der Waals surface area contributed by atoms with Crippen molar-refractivity contribution in [2.45, 2.75) is 77.3 Å². The molecule has 0 radical (unpaired) electrons. The van der Waals surface area contributed by atoms with Gasteiger partial charge in [0.15, 0.2) is 11.5 Å². The molecule has 2 heterocycles. The van der Waals surface area contributed by atoms with E-state index >= 15 is 0 Å². The zero-order valence-corrected chi connectivity index (χ0v) is 17.3. The average molecular weight is 395 g/mol. The van der Waals surface area contributed by atoms with Crippen molar-refractivity contribution in [3.8, 4) is 0 Å². The molecule has 154 valence electrons. The standard InChI is InChI=1S/C23H30N4O2/c1-15(2)17-11-5-6-12-18(17)25-22(28)20-19-13-7-8-14-27(19)21(26-20)23(29)24-16-9-3-4-10-16/h5-6,11-12,15-16H,3-4,7-10,13-14H2,1-2H3,(H,24,29)(H,25,28). The Morgan fingerprint density at radius 2 is 1.83 bits per heavy atom. The number of amides is 2. The predicted molar refractivity (Wildman–Crippen MR) is 113 cm³/mol. The summed E-state index contributed by atoms with van der Waals surface area (Å²) in [6.45, 7) is 4.95. The van der Waals surface area contributed by atoms with Crippen LogP contribution >= 0.6 is 0 Å². The minimum absolute atomic E-state index is 0.151. The number of rotatable bonds is 5. The van der Waals surface area contributed by atoms with E-state index in [1.54, 1.807) is 0 Å². The maximum Gasteiger partial charge on any atom is 0.287 e. The van der Waals surface area contributed by atoms with Gasteiger partial charge in [-0.1, -0.05) is 44.9 Å². The first kappa shape index (κ1) is 19.7. The Morgan fingerprint density at radius 3 is 2.59 bits per heavy atom. The van der Waals surface area contributed by atoms with Gasteiger partial charge in [0.25, 0.3) is 11.8 Å². The van der Waals surface area contributed by atoms with Crippen LogP contribution in [0.5, 0.6) is 0 Å². The number of anilines is 1. The highest BCUT2D eigenvalue weighted by atomic mass is 16.2. The number of para-hydroxylation sites is 1. The molecule has 1 aliphatic carbocycles. The fraction of sp³-hybridized carbons (Fsp3) is 0.522. The van der Waals surface area contributed by atoms with Crippen LogP contribution in [0, 0.1) is 0 Å². The molecule has 2 aliphatic rings. The van der Waals surface area contributed by atoms with Crippen molar-refractivity contribution in [3.63, 3.8) is 0 Å². The normalized spacial score (nSPS) is 16.7. The number of carbonyl (C=O) groups is 2. The highest BCUT2D eigenvalue weighted by Gasteiger charge is 2.29. The van der Waals surface area contributed by atoms with E-state index in [0.717, 1.165) is 68.4 Å². The summed E-state index contributed by atoms with van der Waals surface area (Å²) in [6.07, 6.45) is 7.17. The molecule has 1 fully saturated rings. The average Bonchev–Trinajstić information content (AvgIpc) is 3.36. The third kappa shape index (κ3) is 4.07. The van der Waals surface area contributed by atoms with Crippen LogP contribution in [-0.4, -0.2) is 27.4 Å². The molecule has 0 saturated heterocycles. The highest BCUT2D eigenvalue weighted by Crippen LogP contribution is 2.26. The number of hydrogen-bond donors (Lipinski definition) is 2. The number of fused-ring (bicyclic) bond motifs is 1. The maximum atomic E-state index is 13.1. The van der Waals surface area contributed by atoms with Gasteiger partial charge in [0.2, 0.25) is 0 Å². The third-order valence-electron chi connectivity index (χ3n) is 6.06. The van der Waals surface area contributed by atoms with Crippen molar-refractivity contribution < 1.29 is 9.59 Å². The Labute approximate surface area is 172 Å². The first-order valence-electron chi connectivity index (χ1n) is 10.8. The number of nitrogens with zero attached hydrogens (tertiary/aromatic N) is 2. The zero-order valence-electron chi connectivity index (χ0n) is 17.3. The summed E-state index contributed by atoms with van der Waals surface area (Å²) in [5, 5.41) is 6.15. The first-order chi connectivity index (χ1) is 14.0. The summed E-state index contributed by atoms with van der Waals surface area (Å²) < 4.78 is 1.96. The van der Waals surface area contributed by atoms with Gasteiger partial charge < -0.3 is 15.2 Å². The molecule has 1 saturated carbocycles. The molecule has 0 atom stereocenters. The fourth-order valence-corrected chi connectivity index (χ4v) is 4.51. The lowest BCUT2D eigenvalue weighted by Crippen LogP contribution is -2.35. The molecule has 6 heteroatoms. The van der Waals surface area contributed by atoms with Crippen molar-refractivity contribution in [2.75, 3.05) is 5.32 Å². The Morgan fingerprint density at radius 1 is 1.07 bits per heavy atom. The second-order valence-electron chi connectivity index (χ2n) is 8.49. The number of imidazole rings is 1. The van der Waals surface area contributed by atoms with Crippen LogP contribution in [-0.2, 0) is 13.0 Å². The second kappa shape index (κ2) is 8.39. The molecule has 4 rings (SSSR count). The van der Waals surface area contributed by atoms with Crippen LogP contribution in [0.2, 0.25) is 0 Å². The second-order valence-corrected chi connectivity index (χ2v) is 8.49. The van der Waals surface area contributed by atoms with Gasteiger partial charge in [-0.15, -0.1) is 0 Å². The minimum atomic E-state index is -0.233. The summed E-state index contributed by atoms with van der Waals surface area (Å²) in [6, 6.07) is 8.08. The van der Waals surface area contributed by atoms with Gasteiger partial charge in [-0.3, -0.25) is 9.59 Å². The molecular formula is C23H30N4O2. The number of nitrogens with one attached hydrogen (secondary N) is 2. The van der Waals surface area contributed by atoms with Crippen LogP contribution in [0.4, 0.5) is 5.69 Å². The van der Waals surface area contributed by atoms with E-state index < -0.39 is 0 Å². The molecule has 0 unspecified atom stereocenters. The number of carbonyl (C=O) groups excluding carboxylic acids is 2. The monoisotopic (exact) mass is 394 g/mol. The summed E-state index contributed by atoms with van der Waals surface area (Å²) in [5.41, 5.74) is 3.17. The van der Waals surface area contributed by atoms with E-state index in [-0.39, 0.29) is 17.9 Å². The van der Waals surface area contributed by atoms with Crippen molar-refractivity contribution >= 4 is 17.5 Å². The molecule has 2 aromatic rings.